The molecule has 3 nitrogen and oxygen atoms in total. The second-order valence-electron chi connectivity index (χ2n) is 2.20. The maximum Gasteiger partial charge on any atom is 0.131 e. The number of rotatable bonds is 3. The first-order valence-electron chi connectivity index (χ1n) is 3.36. The number of methoxy groups -OCH3 is 1. The zero-order valence-corrected chi connectivity index (χ0v) is 7.67. The molecule has 0 amide bonds. The van der Waals surface area contributed by atoms with Crippen LogP contribution in [0.25, 0.3) is 0 Å². The quantitative estimate of drug-likeness (QED) is 0.529. The highest BCUT2D eigenvalue weighted by Gasteiger charge is 1.93. The van der Waals surface area contributed by atoms with E-state index in [9.17, 15) is 0 Å². The van der Waals surface area contributed by atoms with Gasteiger partial charge in [0.25, 0.3) is 0 Å². The minimum Gasteiger partial charge on any atom is -1.00 e. The third-order valence-corrected chi connectivity index (χ3v) is 1.43. The average molecular weight is 190 g/mol. The second-order valence-corrected chi connectivity index (χ2v) is 2.20. The minimum absolute atomic E-state index is 0. The Bertz CT molecular complexity index is 213. The van der Waals surface area contributed by atoms with Gasteiger partial charge in [0.1, 0.15) is 12.4 Å². The smallest absolute Gasteiger partial charge is 0.131 e. The topological polar surface area (TPSA) is 46.1 Å². The largest absolute Gasteiger partial charge is 1.00 e. The predicted octanol–water partition coefficient (Wildman–Crippen LogP) is -2.63. The van der Waals surface area contributed by atoms with E-state index in [4.69, 9.17) is 9.57 Å². The maximum atomic E-state index is 4.99. The molecule has 3 N–H and O–H groups in total. The van der Waals surface area contributed by atoms with Gasteiger partial charge in [0, 0.05) is 0 Å². The summed E-state index contributed by atoms with van der Waals surface area (Å²) in [6, 6.07) is 7.69. The van der Waals surface area contributed by atoms with E-state index in [1.54, 1.807) is 7.11 Å². The summed E-state index contributed by atoms with van der Waals surface area (Å²) in [6.45, 7) is 0.546. The first kappa shape index (κ1) is 11.2. The summed E-state index contributed by atoms with van der Waals surface area (Å²) in [5.41, 5.74) is 1.10. The Morgan fingerprint density at radius 3 is 2.25 bits per heavy atom. The summed E-state index contributed by atoms with van der Waals surface area (Å²) in [7, 11) is 1.65. The molecule has 0 saturated heterocycles. The normalized spacial score (nSPS) is 8.83. The van der Waals surface area contributed by atoms with Crippen LogP contribution in [0.1, 0.15) is 5.56 Å². The van der Waals surface area contributed by atoms with Gasteiger partial charge in [-0.25, -0.2) is 10.7 Å². The lowest BCUT2D eigenvalue weighted by molar-refractivity contribution is -0.695. The Kier molecular flexibility index (Phi) is 5.45. The SMILES string of the molecule is COc1ccc(CO[NH3+])cc1.[Cl-]. The van der Waals surface area contributed by atoms with Crippen LogP contribution in [0.4, 0.5) is 0 Å². The van der Waals surface area contributed by atoms with E-state index in [2.05, 4.69) is 5.90 Å². The van der Waals surface area contributed by atoms with Gasteiger partial charge in [-0.3, -0.25) is 0 Å². The van der Waals surface area contributed by atoms with Crippen LogP contribution in [0, 0.1) is 0 Å². The van der Waals surface area contributed by atoms with Crippen molar-refractivity contribution in [3.8, 4) is 5.75 Å². The van der Waals surface area contributed by atoms with Crippen LogP contribution in [-0.2, 0) is 11.4 Å². The predicted molar refractivity (Wildman–Crippen MR) is 40.7 cm³/mol. The van der Waals surface area contributed by atoms with E-state index in [0.717, 1.165) is 11.3 Å². The minimum atomic E-state index is 0. The third-order valence-electron chi connectivity index (χ3n) is 1.43. The number of hydrogen-bond acceptors (Lipinski definition) is 2. The van der Waals surface area contributed by atoms with Crippen LogP contribution in [-0.4, -0.2) is 7.11 Å². The van der Waals surface area contributed by atoms with Crippen molar-refractivity contribution in [1.82, 2.24) is 0 Å². The fraction of sp³-hybridized carbons (Fsp3) is 0.250. The van der Waals surface area contributed by atoms with E-state index >= 15 is 0 Å². The fourth-order valence-electron chi connectivity index (χ4n) is 0.840. The van der Waals surface area contributed by atoms with Crippen LogP contribution >= 0.6 is 0 Å². The summed E-state index contributed by atoms with van der Waals surface area (Å²) < 4.78 is 4.99. The molecule has 1 aromatic carbocycles. The Hall–Kier alpha value is -0.770. The summed E-state index contributed by atoms with van der Waals surface area (Å²) in [5.74, 6) is 4.15. The first-order chi connectivity index (χ1) is 5.36. The highest BCUT2D eigenvalue weighted by atomic mass is 35.5. The van der Waals surface area contributed by atoms with Crippen molar-refractivity contribution >= 4 is 0 Å². The van der Waals surface area contributed by atoms with Gasteiger partial charge in [-0.1, -0.05) is 12.1 Å². The molecule has 0 aliphatic carbocycles. The van der Waals surface area contributed by atoms with Gasteiger partial charge in [0.05, 0.1) is 7.11 Å². The molecule has 0 aromatic heterocycles. The second kappa shape index (κ2) is 5.83. The van der Waals surface area contributed by atoms with E-state index < -0.39 is 0 Å². The zero-order chi connectivity index (χ0) is 8.10. The fourth-order valence-corrected chi connectivity index (χ4v) is 0.840. The highest BCUT2D eigenvalue weighted by molar-refractivity contribution is 5.26. The number of hydrogen-bond donors (Lipinski definition) is 1. The van der Waals surface area contributed by atoms with E-state index in [0.29, 0.717) is 6.61 Å². The van der Waals surface area contributed by atoms with Crippen LogP contribution in [0.2, 0.25) is 0 Å². The molecule has 0 unspecified atom stereocenters. The molecule has 0 atom stereocenters. The van der Waals surface area contributed by atoms with Crippen LogP contribution in [0.15, 0.2) is 24.3 Å². The van der Waals surface area contributed by atoms with Crippen molar-refractivity contribution in [3.05, 3.63) is 29.8 Å². The van der Waals surface area contributed by atoms with E-state index in [1.807, 2.05) is 24.3 Å². The van der Waals surface area contributed by atoms with Gasteiger partial charge < -0.3 is 17.1 Å². The average Bonchev–Trinajstić information content (AvgIpc) is 2.07. The van der Waals surface area contributed by atoms with Crippen LogP contribution < -0.4 is 23.0 Å². The first-order valence-corrected chi connectivity index (χ1v) is 3.36. The lowest BCUT2D eigenvalue weighted by Gasteiger charge is -1.99. The van der Waals surface area contributed by atoms with Crippen molar-refractivity contribution in [2.45, 2.75) is 6.61 Å². The Labute approximate surface area is 77.8 Å². The molecule has 0 spiro atoms. The van der Waals surface area contributed by atoms with Gasteiger partial charge in [0.2, 0.25) is 0 Å². The molecular weight excluding hydrogens is 178 g/mol. The summed E-state index contributed by atoms with van der Waals surface area (Å²) in [5, 5.41) is 0. The van der Waals surface area contributed by atoms with Crippen molar-refractivity contribution < 1.29 is 27.9 Å². The molecule has 1 rings (SSSR count). The van der Waals surface area contributed by atoms with Gasteiger partial charge in [0.15, 0.2) is 0 Å². The standard InChI is InChI=1S/C8H12NO2.ClH/c1-10-8-4-2-7(3-5-8)6-11-9;/h2-5H,6H2,1,9H3;1H/q+1;/p-1. The number of quaternary nitrogens is 1. The molecule has 4 heteroatoms. The van der Waals surface area contributed by atoms with Gasteiger partial charge in [-0.05, 0) is 17.7 Å². The Morgan fingerprint density at radius 1 is 1.25 bits per heavy atom. The third kappa shape index (κ3) is 3.09. The summed E-state index contributed by atoms with van der Waals surface area (Å²) >= 11 is 0. The number of benzene rings is 1. The van der Waals surface area contributed by atoms with Gasteiger partial charge in [-0.15, -0.1) is 0 Å². The molecule has 0 saturated carbocycles. The monoisotopic (exact) mass is 189 g/mol. The molecule has 0 radical (unpaired) electrons. The van der Waals surface area contributed by atoms with Crippen LogP contribution in [0.3, 0.4) is 0 Å². The Balaban J connectivity index is 0.00000121. The van der Waals surface area contributed by atoms with E-state index in [-0.39, 0.29) is 12.4 Å². The lowest BCUT2D eigenvalue weighted by Crippen LogP contribution is -3.00. The number of halogens is 1. The lowest BCUT2D eigenvalue weighted by atomic mass is 10.2. The molecule has 0 heterocycles. The van der Waals surface area contributed by atoms with Crippen molar-refractivity contribution in [3.63, 3.8) is 0 Å². The Morgan fingerprint density at radius 2 is 1.83 bits per heavy atom. The van der Waals surface area contributed by atoms with Crippen molar-refractivity contribution in [2.75, 3.05) is 7.11 Å². The highest BCUT2D eigenvalue weighted by Crippen LogP contribution is 2.10. The molecular formula is C8H12ClNO2. The number of ether oxygens (including phenoxy) is 1. The van der Waals surface area contributed by atoms with Crippen molar-refractivity contribution in [1.29, 1.82) is 0 Å². The van der Waals surface area contributed by atoms with Gasteiger partial charge in [-0.2, -0.15) is 0 Å². The molecule has 0 aliphatic heterocycles. The molecule has 1 aromatic rings. The molecule has 12 heavy (non-hydrogen) atoms. The molecule has 0 bridgehead atoms. The molecule has 68 valence electrons. The van der Waals surface area contributed by atoms with Gasteiger partial charge >= 0.3 is 0 Å². The summed E-state index contributed by atoms with van der Waals surface area (Å²) in [4.78, 5) is 4.71. The van der Waals surface area contributed by atoms with Crippen LogP contribution in [0.5, 0.6) is 5.75 Å². The summed E-state index contributed by atoms with van der Waals surface area (Å²) in [6.07, 6.45) is 0. The van der Waals surface area contributed by atoms with Crippen molar-refractivity contribution in [2.24, 2.45) is 0 Å². The molecule has 0 fully saturated rings. The molecule has 0 aliphatic rings. The van der Waals surface area contributed by atoms with E-state index in [1.165, 1.54) is 0 Å². The maximum absolute atomic E-state index is 4.99. The zero-order valence-electron chi connectivity index (χ0n) is 6.92.